The summed E-state index contributed by atoms with van der Waals surface area (Å²) < 4.78 is 13.1. The van der Waals surface area contributed by atoms with Crippen LogP contribution in [0, 0.1) is 12.7 Å². The van der Waals surface area contributed by atoms with Crippen molar-refractivity contribution in [2.75, 3.05) is 13.1 Å². The minimum atomic E-state index is -0.855. The molecule has 1 aliphatic heterocycles. The maximum absolute atomic E-state index is 13.1. The van der Waals surface area contributed by atoms with Crippen LogP contribution < -0.4 is 5.32 Å². The summed E-state index contributed by atoms with van der Waals surface area (Å²) in [6.45, 7) is 2.72. The summed E-state index contributed by atoms with van der Waals surface area (Å²) in [5.74, 6) is -0.252. The third-order valence-electron chi connectivity index (χ3n) is 2.60. The number of hydrogen-bond acceptors (Lipinski definition) is 2. The van der Waals surface area contributed by atoms with Crippen LogP contribution in [0.1, 0.15) is 11.1 Å². The molecule has 0 aromatic heterocycles. The Labute approximate surface area is 76.4 Å². The topological polar surface area (TPSA) is 32.3 Å². The number of halogens is 1. The normalized spacial score (nSPS) is 19.6. The van der Waals surface area contributed by atoms with E-state index >= 15 is 0 Å². The molecular weight excluding hydrogens is 169 g/mol. The van der Waals surface area contributed by atoms with E-state index in [4.69, 9.17) is 0 Å². The second kappa shape index (κ2) is 2.79. The molecular formula is C10H12FNO. The van der Waals surface area contributed by atoms with E-state index in [9.17, 15) is 9.50 Å². The fourth-order valence-electron chi connectivity index (χ4n) is 1.66. The third-order valence-corrected chi connectivity index (χ3v) is 2.60. The fraction of sp³-hybridized carbons (Fsp3) is 0.400. The molecule has 0 spiro atoms. The Morgan fingerprint density at radius 1 is 1.46 bits per heavy atom. The molecule has 2 nitrogen and oxygen atoms in total. The molecule has 1 saturated heterocycles. The third kappa shape index (κ3) is 1.24. The first-order chi connectivity index (χ1) is 6.13. The van der Waals surface area contributed by atoms with Gasteiger partial charge < -0.3 is 10.4 Å². The van der Waals surface area contributed by atoms with Crippen molar-refractivity contribution in [1.82, 2.24) is 5.32 Å². The molecule has 0 saturated carbocycles. The maximum atomic E-state index is 13.1. The molecule has 2 N–H and O–H groups in total. The summed E-state index contributed by atoms with van der Waals surface area (Å²) in [6, 6.07) is 4.82. The number of nitrogens with one attached hydrogen (secondary N) is 1. The van der Waals surface area contributed by atoms with Gasteiger partial charge in [-0.2, -0.15) is 0 Å². The van der Waals surface area contributed by atoms with Crippen molar-refractivity contribution < 1.29 is 9.50 Å². The lowest BCUT2D eigenvalue weighted by atomic mass is 9.85. The van der Waals surface area contributed by atoms with Gasteiger partial charge in [0, 0.05) is 13.1 Å². The largest absolute Gasteiger partial charge is 0.382 e. The van der Waals surface area contributed by atoms with E-state index in [1.807, 2.05) is 0 Å². The fourth-order valence-corrected chi connectivity index (χ4v) is 1.66. The predicted molar refractivity (Wildman–Crippen MR) is 47.9 cm³/mol. The van der Waals surface area contributed by atoms with E-state index in [-0.39, 0.29) is 5.82 Å². The zero-order valence-electron chi connectivity index (χ0n) is 7.47. The lowest BCUT2D eigenvalue weighted by Crippen LogP contribution is -2.57. The Morgan fingerprint density at radius 3 is 2.69 bits per heavy atom. The molecule has 0 amide bonds. The second-order valence-corrected chi connectivity index (χ2v) is 3.55. The molecule has 13 heavy (non-hydrogen) atoms. The molecule has 1 heterocycles. The molecule has 1 aromatic carbocycles. The quantitative estimate of drug-likeness (QED) is 0.675. The highest BCUT2D eigenvalue weighted by molar-refractivity contribution is 5.34. The molecule has 0 radical (unpaired) electrons. The predicted octanol–water partition coefficient (Wildman–Crippen LogP) is 0.925. The molecule has 0 aliphatic carbocycles. The van der Waals surface area contributed by atoms with E-state index in [0.717, 1.165) is 0 Å². The van der Waals surface area contributed by atoms with Crippen molar-refractivity contribution in [3.63, 3.8) is 0 Å². The summed E-state index contributed by atoms with van der Waals surface area (Å²) in [5.41, 5.74) is 0.393. The molecule has 0 unspecified atom stereocenters. The van der Waals surface area contributed by atoms with Crippen molar-refractivity contribution in [2.45, 2.75) is 12.5 Å². The van der Waals surface area contributed by atoms with Gasteiger partial charge >= 0.3 is 0 Å². The molecule has 0 bridgehead atoms. The molecule has 1 aromatic rings. The van der Waals surface area contributed by atoms with E-state index in [2.05, 4.69) is 5.32 Å². The second-order valence-electron chi connectivity index (χ2n) is 3.55. The van der Waals surface area contributed by atoms with Gasteiger partial charge in [-0.3, -0.25) is 0 Å². The van der Waals surface area contributed by atoms with Gasteiger partial charge in [-0.15, -0.1) is 0 Å². The summed E-state index contributed by atoms with van der Waals surface area (Å²) >= 11 is 0. The van der Waals surface area contributed by atoms with Gasteiger partial charge in [-0.05, 0) is 24.1 Å². The first kappa shape index (κ1) is 8.66. The Morgan fingerprint density at radius 2 is 2.15 bits per heavy atom. The van der Waals surface area contributed by atoms with Crippen LogP contribution in [-0.2, 0) is 5.60 Å². The minimum absolute atomic E-state index is 0.252. The van der Waals surface area contributed by atoms with E-state index < -0.39 is 5.60 Å². The zero-order valence-corrected chi connectivity index (χ0v) is 7.47. The average Bonchev–Trinajstić information content (AvgIpc) is 2.06. The maximum Gasteiger partial charge on any atom is 0.126 e. The van der Waals surface area contributed by atoms with Crippen LogP contribution in [0.15, 0.2) is 18.2 Å². The Bertz CT molecular complexity index is 334. The molecule has 2 rings (SSSR count). The highest BCUT2D eigenvalue weighted by Gasteiger charge is 2.37. The number of aliphatic hydroxyl groups is 1. The number of hydrogen-bond donors (Lipinski definition) is 2. The van der Waals surface area contributed by atoms with Gasteiger partial charge in [-0.1, -0.05) is 12.1 Å². The van der Waals surface area contributed by atoms with Crippen molar-refractivity contribution in [1.29, 1.82) is 0 Å². The van der Waals surface area contributed by atoms with Crippen LogP contribution in [0.3, 0.4) is 0 Å². The lowest BCUT2D eigenvalue weighted by Gasteiger charge is -2.39. The SMILES string of the molecule is Cc1c(F)cccc1C1(O)CNC1. The molecule has 0 atom stereocenters. The standard InChI is InChI=1S/C10H12FNO/c1-7-8(3-2-4-9(7)11)10(13)5-12-6-10/h2-4,12-13H,5-6H2,1H3. The van der Waals surface area contributed by atoms with Gasteiger partial charge in [0.2, 0.25) is 0 Å². The Hall–Kier alpha value is -0.930. The number of benzene rings is 1. The monoisotopic (exact) mass is 181 g/mol. The van der Waals surface area contributed by atoms with E-state index in [1.165, 1.54) is 6.07 Å². The van der Waals surface area contributed by atoms with E-state index in [0.29, 0.717) is 24.2 Å². The summed E-state index contributed by atoms with van der Waals surface area (Å²) in [7, 11) is 0. The zero-order chi connectivity index (χ0) is 9.47. The Kier molecular flexibility index (Phi) is 1.86. The summed E-state index contributed by atoms with van der Waals surface area (Å²) in [5, 5.41) is 12.9. The van der Waals surface area contributed by atoms with Gasteiger partial charge in [0.15, 0.2) is 0 Å². The van der Waals surface area contributed by atoms with Crippen molar-refractivity contribution in [3.05, 3.63) is 35.1 Å². The molecule has 1 fully saturated rings. The minimum Gasteiger partial charge on any atom is -0.382 e. The highest BCUT2D eigenvalue weighted by Crippen LogP contribution is 2.28. The van der Waals surface area contributed by atoms with Crippen LogP contribution >= 0.6 is 0 Å². The first-order valence-corrected chi connectivity index (χ1v) is 4.32. The van der Waals surface area contributed by atoms with Gasteiger partial charge in [0.05, 0.1) is 0 Å². The molecule has 3 heteroatoms. The van der Waals surface area contributed by atoms with Crippen LogP contribution in [-0.4, -0.2) is 18.2 Å². The summed E-state index contributed by atoms with van der Waals surface area (Å²) in [6.07, 6.45) is 0. The van der Waals surface area contributed by atoms with Crippen LogP contribution in [0.5, 0.6) is 0 Å². The van der Waals surface area contributed by atoms with Crippen LogP contribution in [0.4, 0.5) is 4.39 Å². The van der Waals surface area contributed by atoms with Crippen LogP contribution in [0.25, 0.3) is 0 Å². The van der Waals surface area contributed by atoms with Crippen molar-refractivity contribution in [3.8, 4) is 0 Å². The smallest absolute Gasteiger partial charge is 0.126 e. The average molecular weight is 181 g/mol. The van der Waals surface area contributed by atoms with E-state index in [1.54, 1.807) is 19.1 Å². The van der Waals surface area contributed by atoms with Crippen molar-refractivity contribution >= 4 is 0 Å². The van der Waals surface area contributed by atoms with Gasteiger partial charge in [-0.25, -0.2) is 4.39 Å². The first-order valence-electron chi connectivity index (χ1n) is 4.32. The van der Waals surface area contributed by atoms with Gasteiger partial charge in [0.1, 0.15) is 11.4 Å². The van der Waals surface area contributed by atoms with Gasteiger partial charge in [0.25, 0.3) is 0 Å². The Balaban J connectivity index is 2.45. The molecule has 70 valence electrons. The van der Waals surface area contributed by atoms with Crippen molar-refractivity contribution in [2.24, 2.45) is 0 Å². The summed E-state index contributed by atoms with van der Waals surface area (Å²) in [4.78, 5) is 0. The lowest BCUT2D eigenvalue weighted by molar-refractivity contribution is -0.0154. The number of β-amino-alcohol motifs (C(OH)–C–C–N with tert-alkyl or cyclic N) is 1. The number of rotatable bonds is 1. The van der Waals surface area contributed by atoms with Crippen LogP contribution in [0.2, 0.25) is 0 Å². The highest BCUT2D eigenvalue weighted by atomic mass is 19.1. The molecule has 1 aliphatic rings.